The third kappa shape index (κ3) is 5.71. The van der Waals surface area contributed by atoms with E-state index in [0.29, 0.717) is 12.1 Å². The van der Waals surface area contributed by atoms with Gasteiger partial charge in [-0.3, -0.25) is 4.99 Å². The molecule has 0 spiro atoms. The Morgan fingerprint density at radius 1 is 1.29 bits per heavy atom. The molecule has 0 atom stereocenters. The first-order valence-electron chi connectivity index (χ1n) is 8.97. The van der Waals surface area contributed by atoms with Crippen LogP contribution in [0.25, 0.3) is 0 Å². The van der Waals surface area contributed by atoms with Crippen molar-refractivity contribution in [3.63, 3.8) is 0 Å². The number of rotatable bonds is 6. The van der Waals surface area contributed by atoms with Crippen LogP contribution in [-0.4, -0.2) is 68.2 Å². The van der Waals surface area contributed by atoms with Gasteiger partial charge in [0.25, 0.3) is 0 Å². The smallest absolute Gasteiger partial charge is 0.193 e. The molecule has 2 rings (SSSR count). The van der Waals surface area contributed by atoms with Gasteiger partial charge in [0, 0.05) is 52.1 Å². The van der Waals surface area contributed by atoms with Gasteiger partial charge in [-0.05, 0) is 33.0 Å². The Morgan fingerprint density at radius 2 is 1.96 bits per heavy atom. The first-order valence-corrected chi connectivity index (χ1v) is 8.97. The van der Waals surface area contributed by atoms with Crippen molar-refractivity contribution in [1.82, 2.24) is 15.1 Å². The molecule has 1 aliphatic rings. The van der Waals surface area contributed by atoms with Crippen LogP contribution in [0.4, 0.5) is 0 Å². The molecule has 1 aliphatic heterocycles. The summed E-state index contributed by atoms with van der Waals surface area (Å²) in [6.07, 6.45) is 2.36. The summed E-state index contributed by atoms with van der Waals surface area (Å²) in [5.41, 5.74) is 0. The quantitative estimate of drug-likeness (QED) is 0.642. The van der Waals surface area contributed by atoms with Gasteiger partial charge in [-0.25, -0.2) is 0 Å². The number of hydrogen-bond donors (Lipinski definition) is 1. The predicted octanol–water partition coefficient (Wildman–Crippen LogP) is 2.45. The third-order valence-electron chi connectivity index (χ3n) is 4.63. The van der Waals surface area contributed by atoms with Crippen molar-refractivity contribution in [2.45, 2.75) is 38.8 Å². The highest BCUT2D eigenvalue weighted by Crippen LogP contribution is 2.18. The number of likely N-dealkylation sites (N-methyl/N-ethyl adjacent to an activating group) is 1. The van der Waals surface area contributed by atoms with Crippen LogP contribution in [0.2, 0.25) is 0 Å². The molecule has 1 N–H and O–H groups in total. The van der Waals surface area contributed by atoms with Crippen LogP contribution in [0.15, 0.2) is 35.3 Å². The molecule has 134 valence electrons. The highest BCUT2D eigenvalue weighted by Gasteiger charge is 2.22. The Labute approximate surface area is 146 Å². The lowest BCUT2D eigenvalue weighted by Gasteiger charge is -2.34. The molecule has 0 unspecified atom stereocenters. The summed E-state index contributed by atoms with van der Waals surface area (Å²) in [6, 6.07) is 10.7. The van der Waals surface area contributed by atoms with Crippen LogP contribution < -0.4 is 10.1 Å². The van der Waals surface area contributed by atoms with E-state index in [-0.39, 0.29) is 0 Å². The summed E-state index contributed by atoms with van der Waals surface area (Å²) in [5, 5.41) is 3.48. The molecule has 1 saturated heterocycles. The van der Waals surface area contributed by atoms with Gasteiger partial charge in [0.15, 0.2) is 5.96 Å². The molecular weight excluding hydrogens is 300 g/mol. The third-order valence-corrected chi connectivity index (χ3v) is 4.63. The summed E-state index contributed by atoms with van der Waals surface area (Å²) in [4.78, 5) is 9.10. The van der Waals surface area contributed by atoms with Gasteiger partial charge in [0.2, 0.25) is 0 Å². The largest absolute Gasteiger partial charge is 0.490 e. The van der Waals surface area contributed by atoms with Crippen LogP contribution >= 0.6 is 0 Å². The molecule has 0 amide bonds. The number of para-hydroxylation sites is 1. The van der Waals surface area contributed by atoms with Crippen LogP contribution in [0.1, 0.15) is 26.7 Å². The van der Waals surface area contributed by atoms with Crippen molar-refractivity contribution >= 4 is 5.96 Å². The molecule has 0 aliphatic carbocycles. The fourth-order valence-electron chi connectivity index (χ4n) is 2.81. The Morgan fingerprint density at radius 3 is 2.54 bits per heavy atom. The van der Waals surface area contributed by atoms with Crippen molar-refractivity contribution in [2.75, 3.05) is 40.3 Å². The minimum atomic E-state index is 0.300. The number of piperidine rings is 1. The summed E-state index contributed by atoms with van der Waals surface area (Å²) in [6.45, 7) is 8.33. The maximum Gasteiger partial charge on any atom is 0.193 e. The average Bonchev–Trinajstić information content (AvgIpc) is 2.60. The second kappa shape index (κ2) is 9.52. The van der Waals surface area contributed by atoms with E-state index < -0.39 is 0 Å². The molecule has 1 aromatic rings. The lowest BCUT2D eigenvalue weighted by Crippen LogP contribution is -2.49. The number of likely N-dealkylation sites (tertiary alicyclic amines) is 1. The van der Waals surface area contributed by atoms with E-state index in [4.69, 9.17) is 4.74 Å². The Bertz CT molecular complexity index is 495. The van der Waals surface area contributed by atoms with Crippen molar-refractivity contribution in [3.05, 3.63) is 30.3 Å². The molecule has 1 aromatic carbocycles. The molecule has 1 heterocycles. The summed E-state index contributed by atoms with van der Waals surface area (Å²) < 4.78 is 6.06. The van der Waals surface area contributed by atoms with Crippen LogP contribution in [0.3, 0.4) is 0 Å². The lowest BCUT2D eigenvalue weighted by atomic mass is 10.1. The van der Waals surface area contributed by atoms with Gasteiger partial charge in [0.1, 0.15) is 11.9 Å². The normalized spacial score (nSPS) is 16.8. The Balaban J connectivity index is 1.73. The lowest BCUT2D eigenvalue weighted by molar-refractivity contribution is 0.129. The maximum atomic E-state index is 6.06. The topological polar surface area (TPSA) is 40.1 Å². The van der Waals surface area contributed by atoms with Gasteiger partial charge < -0.3 is 19.9 Å². The van der Waals surface area contributed by atoms with Gasteiger partial charge in [-0.1, -0.05) is 18.2 Å². The number of ether oxygens (including phenoxy) is 1. The van der Waals surface area contributed by atoms with E-state index in [1.165, 1.54) is 0 Å². The minimum Gasteiger partial charge on any atom is -0.490 e. The van der Waals surface area contributed by atoms with Gasteiger partial charge in [-0.15, -0.1) is 0 Å². The van der Waals surface area contributed by atoms with E-state index in [1.54, 1.807) is 0 Å². The molecule has 5 nitrogen and oxygen atoms in total. The van der Waals surface area contributed by atoms with E-state index in [9.17, 15) is 0 Å². The second-order valence-corrected chi connectivity index (χ2v) is 6.67. The van der Waals surface area contributed by atoms with Crippen LogP contribution in [0.5, 0.6) is 5.75 Å². The second-order valence-electron chi connectivity index (χ2n) is 6.67. The monoisotopic (exact) mass is 332 g/mol. The molecule has 0 radical (unpaired) electrons. The highest BCUT2D eigenvalue weighted by molar-refractivity contribution is 5.79. The standard InChI is InChI=1S/C19H32N4O/c1-16(2)22(4)15-12-21-19(20-3)23-13-10-18(11-14-23)24-17-8-6-5-7-9-17/h5-9,16,18H,10-15H2,1-4H3,(H,20,21). The zero-order valence-electron chi connectivity index (χ0n) is 15.5. The highest BCUT2D eigenvalue weighted by atomic mass is 16.5. The zero-order chi connectivity index (χ0) is 17.4. The SMILES string of the molecule is CN=C(NCCN(C)C(C)C)N1CCC(Oc2ccccc2)CC1. The van der Waals surface area contributed by atoms with Crippen molar-refractivity contribution in [1.29, 1.82) is 0 Å². The summed E-state index contributed by atoms with van der Waals surface area (Å²) in [7, 11) is 4.02. The Hall–Kier alpha value is -1.75. The fourth-order valence-corrected chi connectivity index (χ4v) is 2.81. The van der Waals surface area contributed by atoms with E-state index in [2.05, 4.69) is 41.0 Å². The molecule has 5 heteroatoms. The first-order chi connectivity index (χ1) is 11.6. The maximum absolute atomic E-state index is 6.06. The van der Waals surface area contributed by atoms with E-state index >= 15 is 0 Å². The summed E-state index contributed by atoms with van der Waals surface area (Å²) in [5.74, 6) is 1.97. The average molecular weight is 332 g/mol. The van der Waals surface area contributed by atoms with Gasteiger partial charge in [0.05, 0.1) is 0 Å². The number of nitrogens with one attached hydrogen (secondary N) is 1. The van der Waals surface area contributed by atoms with Crippen molar-refractivity contribution < 1.29 is 4.74 Å². The van der Waals surface area contributed by atoms with Crippen LogP contribution in [0, 0.1) is 0 Å². The molecule has 0 aromatic heterocycles. The van der Waals surface area contributed by atoms with Gasteiger partial charge in [-0.2, -0.15) is 0 Å². The molecule has 0 saturated carbocycles. The molecule has 1 fully saturated rings. The number of aliphatic imine (C=N–C) groups is 1. The van der Waals surface area contributed by atoms with E-state index in [0.717, 1.165) is 50.7 Å². The first kappa shape index (κ1) is 18.6. The zero-order valence-corrected chi connectivity index (χ0v) is 15.5. The molecular formula is C19H32N4O. The number of nitrogens with zero attached hydrogens (tertiary/aromatic N) is 3. The minimum absolute atomic E-state index is 0.300. The van der Waals surface area contributed by atoms with Crippen molar-refractivity contribution in [2.24, 2.45) is 4.99 Å². The predicted molar refractivity (Wildman–Crippen MR) is 101 cm³/mol. The number of guanidine groups is 1. The summed E-state index contributed by atoms with van der Waals surface area (Å²) >= 11 is 0. The molecule has 24 heavy (non-hydrogen) atoms. The van der Waals surface area contributed by atoms with Crippen LogP contribution in [-0.2, 0) is 0 Å². The van der Waals surface area contributed by atoms with E-state index in [1.807, 2.05) is 37.4 Å². The molecule has 0 bridgehead atoms. The van der Waals surface area contributed by atoms with Gasteiger partial charge >= 0.3 is 0 Å². The number of benzene rings is 1. The number of hydrogen-bond acceptors (Lipinski definition) is 3. The van der Waals surface area contributed by atoms with Crippen molar-refractivity contribution in [3.8, 4) is 5.75 Å². The fraction of sp³-hybridized carbons (Fsp3) is 0.632. The Kier molecular flexibility index (Phi) is 7.37.